The van der Waals surface area contributed by atoms with E-state index in [0.717, 1.165) is 16.3 Å². The minimum atomic E-state index is 0.159. The molecule has 1 nitrogen and oxygen atoms in total. The molecule has 0 spiro atoms. The predicted molar refractivity (Wildman–Crippen MR) is 51.3 cm³/mol. The second-order valence-corrected chi connectivity index (χ2v) is 4.31. The molecule has 0 bridgehead atoms. The monoisotopic (exact) mass is 189 g/mol. The third-order valence-electron chi connectivity index (χ3n) is 1.68. The van der Waals surface area contributed by atoms with E-state index in [1.165, 1.54) is 4.88 Å². The van der Waals surface area contributed by atoms with E-state index in [9.17, 15) is 0 Å². The van der Waals surface area contributed by atoms with Gasteiger partial charge < -0.3 is 5.73 Å². The van der Waals surface area contributed by atoms with Gasteiger partial charge in [-0.25, -0.2) is 0 Å². The summed E-state index contributed by atoms with van der Waals surface area (Å²) in [5, 5.41) is 0. The van der Waals surface area contributed by atoms with Crippen LogP contribution in [0, 0.1) is 6.92 Å². The first-order valence-electron chi connectivity index (χ1n) is 3.66. The van der Waals surface area contributed by atoms with Crippen LogP contribution in [0.3, 0.4) is 0 Å². The van der Waals surface area contributed by atoms with E-state index in [4.69, 9.17) is 17.3 Å². The topological polar surface area (TPSA) is 26.0 Å². The van der Waals surface area contributed by atoms with Crippen LogP contribution in [0.25, 0.3) is 0 Å². The van der Waals surface area contributed by atoms with Crippen LogP contribution in [0.15, 0.2) is 6.07 Å². The largest absolute Gasteiger partial charge is 0.323 e. The SMILES string of the molecule is CC[C@H](N)c1cc(C)c(Cl)s1. The average molecular weight is 190 g/mol. The van der Waals surface area contributed by atoms with Gasteiger partial charge in [0.2, 0.25) is 0 Å². The lowest BCUT2D eigenvalue weighted by Gasteiger charge is -2.03. The van der Waals surface area contributed by atoms with Crippen LogP contribution < -0.4 is 5.73 Å². The highest BCUT2D eigenvalue weighted by Gasteiger charge is 2.08. The van der Waals surface area contributed by atoms with Crippen molar-refractivity contribution in [2.75, 3.05) is 0 Å². The van der Waals surface area contributed by atoms with Gasteiger partial charge in [0.1, 0.15) is 0 Å². The lowest BCUT2D eigenvalue weighted by atomic mass is 10.2. The Morgan fingerprint density at radius 3 is 2.73 bits per heavy atom. The lowest BCUT2D eigenvalue weighted by Crippen LogP contribution is -2.05. The first-order valence-corrected chi connectivity index (χ1v) is 4.86. The third-order valence-corrected chi connectivity index (χ3v) is 3.37. The van der Waals surface area contributed by atoms with Gasteiger partial charge in [0.15, 0.2) is 0 Å². The summed E-state index contributed by atoms with van der Waals surface area (Å²) in [6.07, 6.45) is 0.969. The Labute approximate surface area is 76.2 Å². The van der Waals surface area contributed by atoms with Crippen LogP contribution in [0.4, 0.5) is 0 Å². The zero-order valence-corrected chi connectivity index (χ0v) is 8.30. The van der Waals surface area contributed by atoms with Crippen LogP contribution in [0.5, 0.6) is 0 Å². The second kappa shape index (κ2) is 3.57. The van der Waals surface area contributed by atoms with Crippen LogP contribution in [-0.4, -0.2) is 0 Å². The van der Waals surface area contributed by atoms with Gasteiger partial charge in [0.25, 0.3) is 0 Å². The van der Waals surface area contributed by atoms with Gasteiger partial charge in [-0.15, -0.1) is 11.3 Å². The molecule has 0 aliphatic rings. The number of nitrogens with two attached hydrogens (primary N) is 1. The Hall–Kier alpha value is -0.0500. The van der Waals surface area contributed by atoms with Crippen LogP contribution >= 0.6 is 22.9 Å². The van der Waals surface area contributed by atoms with Gasteiger partial charge in [0, 0.05) is 10.9 Å². The fourth-order valence-electron chi connectivity index (χ4n) is 0.867. The molecule has 0 radical (unpaired) electrons. The average Bonchev–Trinajstić information content (AvgIpc) is 2.31. The highest BCUT2D eigenvalue weighted by Crippen LogP contribution is 2.30. The summed E-state index contributed by atoms with van der Waals surface area (Å²) in [7, 11) is 0. The van der Waals surface area contributed by atoms with Gasteiger partial charge in [-0.1, -0.05) is 18.5 Å². The molecule has 0 aromatic carbocycles. The summed E-state index contributed by atoms with van der Waals surface area (Å²) in [5.74, 6) is 0. The van der Waals surface area contributed by atoms with Gasteiger partial charge in [0.05, 0.1) is 4.34 Å². The van der Waals surface area contributed by atoms with Crippen molar-refractivity contribution in [2.45, 2.75) is 26.3 Å². The molecule has 0 saturated carbocycles. The minimum absolute atomic E-state index is 0.159. The summed E-state index contributed by atoms with van der Waals surface area (Å²) in [6, 6.07) is 2.23. The molecule has 11 heavy (non-hydrogen) atoms. The Balaban J connectivity index is 2.88. The van der Waals surface area contributed by atoms with Crippen molar-refractivity contribution in [2.24, 2.45) is 5.73 Å². The van der Waals surface area contributed by atoms with E-state index in [0.29, 0.717) is 0 Å². The molecule has 0 amide bonds. The van der Waals surface area contributed by atoms with Gasteiger partial charge in [-0.05, 0) is 25.0 Å². The molecule has 0 fully saturated rings. The minimum Gasteiger partial charge on any atom is -0.323 e. The van der Waals surface area contributed by atoms with Crippen LogP contribution in [0.2, 0.25) is 4.34 Å². The summed E-state index contributed by atoms with van der Waals surface area (Å²) < 4.78 is 0.865. The first-order chi connectivity index (χ1) is 5.15. The smallest absolute Gasteiger partial charge is 0.0960 e. The molecule has 1 aromatic rings. The summed E-state index contributed by atoms with van der Waals surface area (Å²) in [5.41, 5.74) is 6.96. The van der Waals surface area contributed by atoms with E-state index in [1.54, 1.807) is 11.3 Å². The van der Waals surface area contributed by atoms with Crippen LogP contribution in [-0.2, 0) is 0 Å². The highest BCUT2D eigenvalue weighted by molar-refractivity contribution is 7.16. The summed E-state index contributed by atoms with van der Waals surface area (Å²) >= 11 is 7.48. The number of hydrogen-bond acceptors (Lipinski definition) is 2. The molecule has 0 aliphatic carbocycles. The molecule has 1 aromatic heterocycles. The van der Waals surface area contributed by atoms with Crippen molar-refractivity contribution in [3.8, 4) is 0 Å². The fourth-order valence-corrected chi connectivity index (χ4v) is 2.17. The standard InChI is InChI=1S/C8H12ClNS/c1-3-6(10)7-4-5(2)8(9)11-7/h4,6H,3,10H2,1-2H3/t6-/m0/s1. The van der Waals surface area contributed by atoms with Gasteiger partial charge in [-0.3, -0.25) is 0 Å². The fraction of sp³-hybridized carbons (Fsp3) is 0.500. The van der Waals surface area contributed by atoms with Gasteiger partial charge in [-0.2, -0.15) is 0 Å². The first kappa shape index (κ1) is 9.04. The number of halogens is 1. The zero-order chi connectivity index (χ0) is 8.43. The van der Waals surface area contributed by atoms with E-state index in [1.807, 2.05) is 6.92 Å². The Bertz CT molecular complexity index is 225. The van der Waals surface area contributed by atoms with Crippen LogP contribution in [0.1, 0.15) is 29.8 Å². The maximum atomic E-state index is 5.89. The molecular weight excluding hydrogens is 178 g/mol. The molecular formula is C8H12ClNS. The lowest BCUT2D eigenvalue weighted by molar-refractivity contribution is 0.712. The third kappa shape index (κ3) is 1.95. The predicted octanol–water partition coefficient (Wildman–Crippen LogP) is 3.12. The van der Waals surface area contributed by atoms with E-state index < -0.39 is 0 Å². The molecule has 0 saturated heterocycles. The van der Waals surface area contributed by atoms with Crippen molar-refractivity contribution in [1.82, 2.24) is 0 Å². The number of rotatable bonds is 2. The van der Waals surface area contributed by atoms with Crippen molar-refractivity contribution < 1.29 is 0 Å². The molecule has 0 aliphatic heterocycles. The second-order valence-electron chi connectivity index (χ2n) is 2.62. The maximum absolute atomic E-state index is 5.89. The molecule has 3 heteroatoms. The number of aryl methyl sites for hydroxylation is 1. The van der Waals surface area contributed by atoms with Crippen molar-refractivity contribution in [3.05, 3.63) is 20.8 Å². The Morgan fingerprint density at radius 2 is 2.36 bits per heavy atom. The van der Waals surface area contributed by atoms with Gasteiger partial charge >= 0.3 is 0 Å². The van der Waals surface area contributed by atoms with Crippen molar-refractivity contribution >= 4 is 22.9 Å². The summed E-state index contributed by atoms with van der Waals surface area (Å²) in [6.45, 7) is 4.08. The Kier molecular flexibility index (Phi) is 2.93. The van der Waals surface area contributed by atoms with E-state index >= 15 is 0 Å². The zero-order valence-electron chi connectivity index (χ0n) is 6.73. The molecule has 1 atom stereocenters. The molecule has 1 heterocycles. The van der Waals surface area contributed by atoms with Crippen molar-refractivity contribution in [1.29, 1.82) is 0 Å². The molecule has 2 N–H and O–H groups in total. The van der Waals surface area contributed by atoms with E-state index in [2.05, 4.69) is 13.0 Å². The molecule has 0 unspecified atom stereocenters. The number of hydrogen-bond donors (Lipinski definition) is 1. The quantitative estimate of drug-likeness (QED) is 0.760. The molecule has 62 valence electrons. The summed E-state index contributed by atoms with van der Waals surface area (Å²) in [4.78, 5) is 1.19. The molecule has 1 rings (SSSR count). The maximum Gasteiger partial charge on any atom is 0.0960 e. The van der Waals surface area contributed by atoms with E-state index in [-0.39, 0.29) is 6.04 Å². The normalized spacial score (nSPS) is 13.5. The van der Waals surface area contributed by atoms with Crippen molar-refractivity contribution in [3.63, 3.8) is 0 Å². The number of thiophene rings is 1. The Morgan fingerprint density at radius 1 is 1.73 bits per heavy atom. The highest BCUT2D eigenvalue weighted by atomic mass is 35.5.